The largest absolute Gasteiger partial charge is 0.399 e. The molecule has 0 saturated carbocycles. The van der Waals surface area contributed by atoms with Gasteiger partial charge in [-0.3, -0.25) is 0 Å². The van der Waals surface area contributed by atoms with E-state index >= 15 is 0 Å². The average Bonchev–Trinajstić information content (AvgIpc) is 2.63. The maximum Gasteiger partial charge on any atom is 0.209 e. The fraction of sp³-hybridized carbons (Fsp3) is 0.111. The molecule has 0 unspecified atom stereocenters. The van der Waals surface area contributed by atoms with Crippen molar-refractivity contribution in [3.63, 3.8) is 0 Å². The molecular weight excluding hydrogens is 290 g/mol. The van der Waals surface area contributed by atoms with Crippen LogP contribution in [0.2, 0.25) is 0 Å². The molecule has 2 aromatic rings. The Kier molecular flexibility index (Phi) is 3.35. The summed E-state index contributed by atoms with van der Waals surface area (Å²) in [5.41, 5.74) is 7.54. The quantitative estimate of drug-likeness (QED) is 0.511. The van der Waals surface area contributed by atoms with Crippen LogP contribution in [0, 0.1) is 0 Å². The Bertz CT molecular complexity index is 498. The molecular formula is C9H10BrN5S. The highest BCUT2D eigenvalue weighted by molar-refractivity contribution is 9.10. The van der Waals surface area contributed by atoms with E-state index in [4.69, 9.17) is 11.6 Å². The van der Waals surface area contributed by atoms with Crippen LogP contribution in [-0.4, -0.2) is 14.9 Å². The van der Waals surface area contributed by atoms with Gasteiger partial charge in [0.1, 0.15) is 6.33 Å². The number of thioether (sulfide) groups is 1. The number of rotatable bonds is 3. The van der Waals surface area contributed by atoms with Gasteiger partial charge in [0.2, 0.25) is 5.16 Å². The van der Waals surface area contributed by atoms with Gasteiger partial charge in [-0.05, 0) is 17.7 Å². The summed E-state index contributed by atoms with van der Waals surface area (Å²) in [6.45, 7) is 0. The zero-order chi connectivity index (χ0) is 11.5. The first kappa shape index (κ1) is 11.3. The number of nitrogens with two attached hydrogens (primary N) is 2. The molecule has 0 spiro atoms. The molecule has 1 aromatic carbocycles. The summed E-state index contributed by atoms with van der Waals surface area (Å²) < 4.78 is 2.39. The van der Waals surface area contributed by atoms with Gasteiger partial charge in [0.05, 0.1) is 0 Å². The molecule has 0 atom stereocenters. The Balaban J connectivity index is 2.08. The number of hydrogen-bond donors (Lipinski definition) is 2. The topological polar surface area (TPSA) is 82.8 Å². The molecule has 0 aliphatic rings. The van der Waals surface area contributed by atoms with Gasteiger partial charge in [0.25, 0.3) is 0 Å². The minimum absolute atomic E-state index is 0.684. The molecule has 1 aromatic heterocycles. The molecule has 5 nitrogen and oxygen atoms in total. The first-order valence-corrected chi connectivity index (χ1v) is 6.26. The molecule has 2 rings (SSSR count). The third-order valence-corrected chi connectivity index (χ3v) is 3.72. The molecule has 84 valence electrons. The molecule has 7 heteroatoms. The first-order valence-electron chi connectivity index (χ1n) is 4.48. The zero-order valence-corrected chi connectivity index (χ0v) is 10.7. The molecule has 0 fully saturated rings. The molecule has 0 saturated heterocycles. The predicted molar refractivity (Wildman–Crippen MR) is 68.3 cm³/mol. The molecule has 0 amide bonds. The maximum absolute atomic E-state index is 5.66. The van der Waals surface area contributed by atoms with Crippen molar-refractivity contribution in [2.45, 2.75) is 10.9 Å². The molecule has 0 aliphatic heterocycles. The van der Waals surface area contributed by atoms with E-state index in [1.807, 2.05) is 18.2 Å². The highest BCUT2D eigenvalue weighted by Crippen LogP contribution is 2.26. The SMILES string of the molecule is Nc1ccc(CSc2nncn2N)c(Br)c1. The summed E-state index contributed by atoms with van der Waals surface area (Å²) in [6.07, 6.45) is 1.47. The Morgan fingerprint density at radius 2 is 2.25 bits per heavy atom. The van der Waals surface area contributed by atoms with Gasteiger partial charge >= 0.3 is 0 Å². The Hall–Kier alpha value is -1.21. The molecule has 0 radical (unpaired) electrons. The molecule has 0 aliphatic carbocycles. The lowest BCUT2D eigenvalue weighted by molar-refractivity contribution is 0.846. The standard InChI is InChI=1S/C9H10BrN5S/c10-8-3-7(11)2-1-6(8)4-16-9-14-13-5-15(9)12/h1-3,5H,4,11-12H2. The normalized spacial score (nSPS) is 10.6. The number of benzene rings is 1. The van der Waals surface area contributed by atoms with Gasteiger partial charge in [-0.15, -0.1) is 10.2 Å². The Morgan fingerprint density at radius 1 is 1.44 bits per heavy atom. The van der Waals surface area contributed by atoms with Gasteiger partial charge in [0, 0.05) is 15.9 Å². The first-order chi connectivity index (χ1) is 7.66. The number of hydrogen-bond acceptors (Lipinski definition) is 5. The number of nitrogen functional groups attached to an aromatic ring is 2. The lowest BCUT2D eigenvalue weighted by atomic mass is 10.2. The highest BCUT2D eigenvalue weighted by atomic mass is 79.9. The molecule has 0 bridgehead atoms. The van der Waals surface area contributed by atoms with Crippen LogP contribution < -0.4 is 11.6 Å². The lowest BCUT2D eigenvalue weighted by Gasteiger charge is -2.04. The maximum atomic E-state index is 5.66. The van der Waals surface area contributed by atoms with Gasteiger partial charge in [-0.2, -0.15) is 0 Å². The van der Waals surface area contributed by atoms with Crippen molar-refractivity contribution in [3.8, 4) is 0 Å². The molecule has 4 N–H and O–H groups in total. The van der Waals surface area contributed by atoms with Crippen LogP contribution in [0.3, 0.4) is 0 Å². The fourth-order valence-electron chi connectivity index (χ4n) is 1.16. The number of anilines is 1. The lowest BCUT2D eigenvalue weighted by Crippen LogP contribution is -2.07. The third-order valence-electron chi connectivity index (χ3n) is 1.97. The van der Waals surface area contributed by atoms with Crippen molar-refractivity contribution in [2.75, 3.05) is 11.6 Å². The summed E-state index contributed by atoms with van der Waals surface area (Å²) in [7, 11) is 0. The number of halogens is 1. The van der Waals surface area contributed by atoms with E-state index in [9.17, 15) is 0 Å². The summed E-state index contributed by atoms with van der Waals surface area (Å²) in [5, 5.41) is 8.28. The predicted octanol–water partition coefficient (Wildman–Crippen LogP) is 1.63. The Labute approximate surface area is 105 Å². The second-order valence-corrected chi connectivity index (χ2v) is 4.96. The van der Waals surface area contributed by atoms with E-state index in [1.54, 1.807) is 0 Å². The van der Waals surface area contributed by atoms with E-state index < -0.39 is 0 Å². The molecule has 1 heterocycles. The highest BCUT2D eigenvalue weighted by Gasteiger charge is 2.05. The van der Waals surface area contributed by atoms with Crippen LogP contribution in [0.5, 0.6) is 0 Å². The number of aromatic nitrogens is 3. The van der Waals surface area contributed by atoms with Gasteiger partial charge < -0.3 is 11.6 Å². The third kappa shape index (κ3) is 2.48. The van der Waals surface area contributed by atoms with Gasteiger partial charge in [0.15, 0.2) is 0 Å². The summed E-state index contributed by atoms with van der Waals surface area (Å²) in [6, 6.07) is 5.72. The van der Waals surface area contributed by atoms with E-state index in [2.05, 4.69) is 26.1 Å². The monoisotopic (exact) mass is 299 g/mol. The zero-order valence-electron chi connectivity index (χ0n) is 8.30. The minimum Gasteiger partial charge on any atom is -0.399 e. The van der Waals surface area contributed by atoms with E-state index in [-0.39, 0.29) is 0 Å². The fourth-order valence-corrected chi connectivity index (χ4v) is 2.72. The van der Waals surface area contributed by atoms with Crippen molar-refractivity contribution < 1.29 is 0 Å². The van der Waals surface area contributed by atoms with E-state index in [1.165, 1.54) is 22.8 Å². The van der Waals surface area contributed by atoms with Gasteiger partial charge in [-0.1, -0.05) is 33.8 Å². The minimum atomic E-state index is 0.684. The second-order valence-electron chi connectivity index (χ2n) is 3.16. The molecule has 16 heavy (non-hydrogen) atoms. The van der Waals surface area contributed by atoms with Crippen LogP contribution in [0.1, 0.15) is 5.56 Å². The van der Waals surface area contributed by atoms with Crippen LogP contribution in [0.4, 0.5) is 5.69 Å². The smallest absolute Gasteiger partial charge is 0.209 e. The summed E-state index contributed by atoms with van der Waals surface area (Å²) in [4.78, 5) is 0. The van der Waals surface area contributed by atoms with E-state index in [0.717, 1.165) is 21.5 Å². The summed E-state index contributed by atoms with van der Waals surface area (Å²) >= 11 is 4.98. The van der Waals surface area contributed by atoms with Crippen molar-refractivity contribution in [1.29, 1.82) is 0 Å². The van der Waals surface area contributed by atoms with Crippen LogP contribution >= 0.6 is 27.7 Å². The van der Waals surface area contributed by atoms with Crippen molar-refractivity contribution in [1.82, 2.24) is 14.9 Å². The number of nitrogens with zero attached hydrogens (tertiary/aromatic N) is 3. The summed E-state index contributed by atoms with van der Waals surface area (Å²) in [5.74, 6) is 6.37. The van der Waals surface area contributed by atoms with Crippen molar-refractivity contribution in [2.24, 2.45) is 0 Å². The average molecular weight is 300 g/mol. The van der Waals surface area contributed by atoms with Crippen LogP contribution in [0.25, 0.3) is 0 Å². The van der Waals surface area contributed by atoms with Crippen molar-refractivity contribution in [3.05, 3.63) is 34.6 Å². The van der Waals surface area contributed by atoms with Crippen LogP contribution in [0.15, 0.2) is 34.2 Å². The van der Waals surface area contributed by atoms with Crippen LogP contribution in [-0.2, 0) is 5.75 Å². The second kappa shape index (κ2) is 4.75. The van der Waals surface area contributed by atoms with Gasteiger partial charge in [-0.25, -0.2) is 4.68 Å². The van der Waals surface area contributed by atoms with Crippen molar-refractivity contribution >= 4 is 33.4 Å². The van der Waals surface area contributed by atoms with E-state index in [0.29, 0.717) is 5.16 Å². The Morgan fingerprint density at radius 3 is 2.88 bits per heavy atom.